The highest BCUT2D eigenvalue weighted by Gasteiger charge is 2.32. The van der Waals surface area contributed by atoms with E-state index in [1.807, 2.05) is 13.8 Å². The molecule has 1 heterocycles. The van der Waals surface area contributed by atoms with Gasteiger partial charge in [0.25, 0.3) is 0 Å². The Balaban J connectivity index is 2.47. The Hall–Kier alpha value is -2.68. The SMILES string of the molecule is CCCc1c(C(C)C)nc(C(C)C)c(C(COS(=O)(=O)O)C2=CCC(=O)C(C)=C2)c1-c1ccc(F)cc1. The predicted octanol–water partition coefficient (Wildman–Crippen LogP) is 6.84. The van der Waals surface area contributed by atoms with Crippen LogP contribution < -0.4 is 0 Å². The number of carbonyl (C=O) groups excluding carboxylic acids is 1. The fourth-order valence-electron chi connectivity index (χ4n) is 4.90. The standard InChI is InChI=1S/C29H36FNO5S/c1-7-8-23-26(20-9-12-22(30)13-10-20)27(29(18(4)5)31-28(23)17(2)3)24(16-36-37(33,34)35)21-11-14-25(32)19(6)15-21/h9-13,15,17-18,24H,7-8,14,16H2,1-6H3,(H,33,34,35). The van der Waals surface area contributed by atoms with Crippen LogP contribution in [0.2, 0.25) is 0 Å². The molecule has 1 N–H and O–H groups in total. The zero-order chi connectivity index (χ0) is 27.5. The Bertz CT molecular complexity index is 1330. The van der Waals surface area contributed by atoms with Crippen LogP contribution >= 0.6 is 0 Å². The summed E-state index contributed by atoms with van der Waals surface area (Å²) in [6.45, 7) is 11.6. The molecule has 1 aromatic carbocycles. The highest BCUT2D eigenvalue weighted by atomic mass is 32.3. The van der Waals surface area contributed by atoms with Crippen LogP contribution in [0.15, 0.2) is 47.6 Å². The number of nitrogens with zero attached hydrogens (tertiary/aromatic N) is 1. The third-order valence-corrected chi connectivity index (χ3v) is 7.04. The van der Waals surface area contributed by atoms with Gasteiger partial charge in [-0.05, 0) is 70.7 Å². The lowest BCUT2D eigenvalue weighted by atomic mass is 9.77. The van der Waals surface area contributed by atoms with E-state index in [1.165, 1.54) is 12.1 Å². The molecule has 3 rings (SSSR count). The molecular weight excluding hydrogens is 493 g/mol. The van der Waals surface area contributed by atoms with E-state index in [4.69, 9.17) is 9.17 Å². The van der Waals surface area contributed by atoms with Crippen molar-refractivity contribution in [3.63, 3.8) is 0 Å². The van der Waals surface area contributed by atoms with Gasteiger partial charge in [0.1, 0.15) is 5.82 Å². The summed E-state index contributed by atoms with van der Waals surface area (Å²) in [5.74, 6) is -0.935. The second kappa shape index (κ2) is 11.8. The smallest absolute Gasteiger partial charge is 0.294 e. The molecule has 0 aliphatic heterocycles. The van der Waals surface area contributed by atoms with Crippen LogP contribution in [0.1, 0.15) is 94.7 Å². The quantitative estimate of drug-likeness (QED) is 0.339. The first-order valence-corrected chi connectivity index (χ1v) is 14.1. The normalized spacial score (nSPS) is 15.2. The highest BCUT2D eigenvalue weighted by molar-refractivity contribution is 7.80. The van der Waals surface area contributed by atoms with Crippen LogP contribution in [-0.2, 0) is 25.8 Å². The zero-order valence-electron chi connectivity index (χ0n) is 22.3. The van der Waals surface area contributed by atoms with E-state index in [0.29, 0.717) is 11.1 Å². The van der Waals surface area contributed by atoms with Crippen molar-refractivity contribution in [1.82, 2.24) is 4.98 Å². The molecule has 1 aromatic heterocycles. The Labute approximate surface area is 219 Å². The molecule has 8 heteroatoms. The van der Waals surface area contributed by atoms with Crippen LogP contribution in [0, 0.1) is 5.82 Å². The summed E-state index contributed by atoms with van der Waals surface area (Å²) < 4.78 is 51.8. The first kappa shape index (κ1) is 28.9. The maximum atomic E-state index is 14.0. The molecule has 37 heavy (non-hydrogen) atoms. The van der Waals surface area contributed by atoms with Gasteiger partial charge in [0.05, 0.1) is 6.61 Å². The number of halogens is 1. The van der Waals surface area contributed by atoms with Crippen LogP contribution in [-0.4, -0.2) is 30.3 Å². The average Bonchev–Trinajstić information content (AvgIpc) is 2.81. The van der Waals surface area contributed by atoms with Crippen LogP contribution in [0.4, 0.5) is 4.39 Å². The monoisotopic (exact) mass is 529 g/mol. The van der Waals surface area contributed by atoms with Gasteiger partial charge in [0.2, 0.25) is 0 Å². The van der Waals surface area contributed by atoms with E-state index in [1.54, 1.807) is 31.2 Å². The first-order valence-electron chi connectivity index (χ1n) is 12.7. The van der Waals surface area contributed by atoms with Crippen molar-refractivity contribution >= 4 is 16.2 Å². The van der Waals surface area contributed by atoms with Crippen LogP contribution in [0.25, 0.3) is 11.1 Å². The van der Waals surface area contributed by atoms with Crippen molar-refractivity contribution in [2.24, 2.45) is 0 Å². The summed E-state index contributed by atoms with van der Waals surface area (Å²) in [5, 5.41) is 0. The second-order valence-electron chi connectivity index (χ2n) is 10.1. The number of rotatable bonds is 10. The van der Waals surface area contributed by atoms with Crippen LogP contribution in [0.5, 0.6) is 0 Å². The van der Waals surface area contributed by atoms with Gasteiger partial charge >= 0.3 is 10.4 Å². The molecule has 0 radical (unpaired) electrons. The summed E-state index contributed by atoms with van der Waals surface area (Å²) in [5.41, 5.74) is 6.44. The van der Waals surface area contributed by atoms with E-state index < -0.39 is 16.3 Å². The van der Waals surface area contributed by atoms with Crippen molar-refractivity contribution in [2.45, 2.75) is 78.6 Å². The molecule has 0 saturated heterocycles. The molecule has 0 saturated carbocycles. The van der Waals surface area contributed by atoms with Crippen molar-refractivity contribution in [2.75, 3.05) is 6.61 Å². The van der Waals surface area contributed by atoms with Gasteiger partial charge in [0.15, 0.2) is 5.78 Å². The summed E-state index contributed by atoms with van der Waals surface area (Å²) >= 11 is 0. The molecule has 2 aromatic rings. The van der Waals surface area contributed by atoms with E-state index in [9.17, 15) is 22.2 Å². The van der Waals surface area contributed by atoms with E-state index in [0.717, 1.165) is 46.5 Å². The van der Waals surface area contributed by atoms with Gasteiger partial charge in [0, 0.05) is 23.7 Å². The molecule has 0 amide bonds. The molecule has 6 nitrogen and oxygen atoms in total. The maximum absolute atomic E-state index is 14.0. The number of pyridine rings is 1. The number of hydrogen-bond donors (Lipinski definition) is 1. The van der Waals surface area contributed by atoms with Crippen molar-refractivity contribution in [1.29, 1.82) is 0 Å². The molecule has 0 bridgehead atoms. The molecule has 0 fully saturated rings. The van der Waals surface area contributed by atoms with Gasteiger partial charge in [-0.3, -0.25) is 14.3 Å². The molecule has 1 unspecified atom stereocenters. The second-order valence-corrected chi connectivity index (χ2v) is 11.2. The fourth-order valence-corrected chi connectivity index (χ4v) is 5.21. The van der Waals surface area contributed by atoms with Crippen LogP contribution in [0.3, 0.4) is 0 Å². The summed E-state index contributed by atoms with van der Waals surface area (Å²) in [7, 11) is -4.73. The fraction of sp³-hybridized carbons (Fsp3) is 0.448. The number of carbonyl (C=O) groups is 1. The van der Waals surface area contributed by atoms with E-state index >= 15 is 0 Å². The third-order valence-electron chi connectivity index (χ3n) is 6.60. The number of aromatic nitrogens is 1. The number of Topliss-reactive ketones (excluding diaryl/α,β-unsaturated/α-hetero) is 1. The summed E-state index contributed by atoms with van der Waals surface area (Å²) in [6, 6.07) is 6.27. The van der Waals surface area contributed by atoms with Gasteiger partial charge in [-0.2, -0.15) is 8.42 Å². The van der Waals surface area contributed by atoms with Gasteiger partial charge in [-0.1, -0.05) is 65.3 Å². The Kier molecular flexibility index (Phi) is 9.21. The molecule has 1 atom stereocenters. The van der Waals surface area contributed by atoms with E-state index in [2.05, 4.69) is 20.8 Å². The largest absolute Gasteiger partial charge is 0.397 e. The van der Waals surface area contributed by atoms with Crippen molar-refractivity contribution in [3.05, 3.63) is 75.9 Å². The summed E-state index contributed by atoms with van der Waals surface area (Å²) in [4.78, 5) is 17.4. The van der Waals surface area contributed by atoms with Crippen molar-refractivity contribution < 1.29 is 26.3 Å². The number of hydrogen-bond acceptors (Lipinski definition) is 5. The Morgan fingerprint density at radius 2 is 1.70 bits per heavy atom. The lowest BCUT2D eigenvalue weighted by Crippen LogP contribution is -2.21. The summed E-state index contributed by atoms with van der Waals surface area (Å²) in [6.07, 6.45) is 5.28. The van der Waals surface area contributed by atoms with Gasteiger partial charge < -0.3 is 0 Å². The minimum absolute atomic E-state index is 0.0130. The molecule has 200 valence electrons. The molecule has 0 spiro atoms. The topological polar surface area (TPSA) is 93.6 Å². The van der Waals surface area contributed by atoms with Gasteiger partial charge in [-0.25, -0.2) is 8.57 Å². The predicted molar refractivity (Wildman–Crippen MR) is 144 cm³/mol. The first-order chi connectivity index (χ1) is 17.3. The Morgan fingerprint density at radius 3 is 2.22 bits per heavy atom. The third kappa shape index (κ3) is 6.80. The van der Waals surface area contributed by atoms with Crippen molar-refractivity contribution in [3.8, 4) is 11.1 Å². The molecule has 1 aliphatic carbocycles. The van der Waals surface area contributed by atoms with E-state index in [-0.39, 0.29) is 36.5 Å². The minimum atomic E-state index is -4.73. The number of allylic oxidation sites excluding steroid dienone is 3. The average molecular weight is 530 g/mol. The van der Waals surface area contributed by atoms with Gasteiger partial charge in [-0.15, -0.1) is 0 Å². The minimum Gasteiger partial charge on any atom is -0.294 e. The molecule has 1 aliphatic rings. The lowest BCUT2D eigenvalue weighted by molar-refractivity contribution is -0.114. The maximum Gasteiger partial charge on any atom is 0.397 e. The highest BCUT2D eigenvalue weighted by Crippen LogP contribution is 2.44. The Morgan fingerprint density at radius 1 is 1.08 bits per heavy atom. The lowest BCUT2D eigenvalue weighted by Gasteiger charge is -2.30. The number of benzene rings is 1. The molecular formula is C29H36FNO5S. The zero-order valence-corrected chi connectivity index (χ0v) is 23.2. The number of ketones is 1.